The maximum absolute atomic E-state index is 11.1. The minimum Gasteiger partial charge on any atom is -0.480 e. The van der Waals surface area contributed by atoms with Gasteiger partial charge in [-0.3, -0.25) is 10.1 Å². The molecule has 0 saturated carbocycles. The van der Waals surface area contributed by atoms with E-state index in [2.05, 4.69) is 4.98 Å². The van der Waals surface area contributed by atoms with Gasteiger partial charge in [0.15, 0.2) is 0 Å². The first kappa shape index (κ1) is 13.5. The molecule has 0 aliphatic carbocycles. The molecule has 2 heterocycles. The molecule has 19 heavy (non-hydrogen) atoms. The van der Waals surface area contributed by atoms with Crippen LogP contribution in [0, 0.1) is 10.1 Å². The van der Waals surface area contributed by atoms with Crippen LogP contribution in [0.25, 0.3) is 0 Å². The number of aliphatic hydroxyl groups is 1. The molecule has 1 aromatic heterocycles. The van der Waals surface area contributed by atoms with Crippen LogP contribution in [0.2, 0.25) is 5.15 Å². The van der Waals surface area contributed by atoms with Crippen LogP contribution in [0.4, 0.5) is 11.5 Å². The van der Waals surface area contributed by atoms with Gasteiger partial charge in [-0.1, -0.05) is 11.6 Å². The minimum atomic E-state index is -1.17. The molecule has 9 heteroatoms. The van der Waals surface area contributed by atoms with E-state index in [4.69, 9.17) is 16.7 Å². The lowest BCUT2D eigenvalue weighted by Gasteiger charge is -2.21. The summed E-state index contributed by atoms with van der Waals surface area (Å²) in [4.78, 5) is 26.4. The maximum atomic E-state index is 11.1. The second-order valence-electron chi connectivity index (χ2n) is 4.13. The molecule has 0 unspecified atom stereocenters. The quantitative estimate of drug-likeness (QED) is 0.476. The van der Waals surface area contributed by atoms with Crippen molar-refractivity contribution in [1.29, 1.82) is 0 Å². The molecule has 2 atom stereocenters. The number of pyridine rings is 1. The number of carboxylic acid groups (broad SMARTS) is 1. The van der Waals surface area contributed by atoms with Gasteiger partial charge < -0.3 is 15.1 Å². The highest BCUT2D eigenvalue weighted by atomic mass is 35.5. The Hall–Kier alpha value is -1.93. The summed E-state index contributed by atoms with van der Waals surface area (Å²) in [6, 6.07) is 1.36. The zero-order chi connectivity index (χ0) is 14.2. The minimum absolute atomic E-state index is 0.0132. The molecule has 1 aromatic rings. The summed E-state index contributed by atoms with van der Waals surface area (Å²) >= 11 is 5.69. The molecule has 0 spiro atoms. The zero-order valence-corrected chi connectivity index (χ0v) is 10.3. The molecule has 8 nitrogen and oxygen atoms in total. The van der Waals surface area contributed by atoms with E-state index < -0.39 is 23.0 Å². The van der Waals surface area contributed by atoms with Crippen LogP contribution >= 0.6 is 11.6 Å². The number of carbonyl (C=O) groups is 1. The second kappa shape index (κ2) is 4.98. The van der Waals surface area contributed by atoms with E-state index in [-0.39, 0.29) is 29.6 Å². The molecule has 2 rings (SSSR count). The zero-order valence-electron chi connectivity index (χ0n) is 9.56. The van der Waals surface area contributed by atoms with Crippen LogP contribution in [-0.4, -0.2) is 44.8 Å². The van der Waals surface area contributed by atoms with Crippen molar-refractivity contribution in [2.75, 3.05) is 11.4 Å². The molecule has 0 radical (unpaired) electrons. The van der Waals surface area contributed by atoms with Crippen LogP contribution in [0.15, 0.2) is 12.1 Å². The number of aliphatic carboxylic acids is 1. The number of nitro groups is 1. The van der Waals surface area contributed by atoms with Gasteiger partial charge in [-0.2, -0.15) is 0 Å². The van der Waals surface area contributed by atoms with Crippen molar-refractivity contribution >= 4 is 29.1 Å². The number of aliphatic hydroxyl groups excluding tert-OH is 1. The van der Waals surface area contributed by atoms with Crippen LogP contribution in [0.3, 0.4) is 0 Å². The number of halogens is 1. The highest BCUT2D eigenvalue weighted by Gasteiger charge is 2.39. The Bertz CT molecular complexity index is 538. The van der Waals surface area contributed by atoms with Crippen molar-refractivity contribution in [2.45, 2.75) is 18.6 Å². The van der Waals surface area contributed by atoms with E-state index in [1.54, 1.807) is 0 Å². The van der Waals surface area contributed by atoms with Gasteiger partial charge in [0.25, 0.3) is 0 Å². The van der Waals surface area contributed by atoms with Gasteiger partial charge in [-0.25, -0.2) is 9.78 Å². The van der Waals surface area contributed by atoms with Crippen LogP contribution in [-0.2, 0) is 4.79 Å². The van der Waals surface area contributed by atoms with E-state index in [0.717, 1.165) is 6.07 Å². The number of rotatable bonds is 3. The normalized spacial score (nSPS) is 22.5. The Morgan fingerprint density at radius 3 is 2.84 bits per heavy atom. The molecule has 0 bridgehead atoms. The number of β-amino-alcohol motifs (C(OH)–C–C–N with tert-alkyl or cyclic N) is 1. The highest BCUT2D eigenvalue weighted by Crippen LogP contribution is 2.33. The third-order valence-electron chi connectivity index (χ3n) is 2.85. The van der Waals surface area contributed by atoms with E-state index in [1.165, 1.54) is 11.0 Å². The van der Waals surface area contributed by atoms with Gasteiger partial charge in [0.05, 0.1) is 11.0 Å². The molecule has 1 saturated heterocycles. The highest BCUT2D eigenvalue weighted by molar-refractivity contribution is 6.29. The van der Waals surface area contributed by atoms with Crippen molar-refractivity contribution < 1.29 is 19.9 Å². The van der Waals surface area contributed by atoms with Crippen LogP contribution < -0.4 is 4.90 Å². The summed E-state index contributed by atoms with van der Waals surface area (Å²) in [5, 5.41) is 29.6. The van der Waals surface area contributed by atoms with Gasteiger partial charge in [-0.05, 0) is 6.07 Å². The van der Waals surface area contributed by atoms with E-state index >= 15 is 0 Å². The summed E-state index contributed by atoms with van der Waals surface area (Å²) in [6.07, 6.45) is -0.887. The van der Waals surface area contributed by atoms with E-state index in [1.807, 2.05) is 0 Å². The summed E-state index contributed by atoms with van der Waals surface area (Å²) in [7, 11) is 0. The van der Waals surface area contributed by atoms with Crippen molar-refractivity contribution in [1.82, 2.24) is 4.98 Å². The Balaban J connectivity index is 2.47. The van der Waals surface area contributed by atoms with Gasteiger partial charge in [0.1, 0.15) is 11.2 Å². The molecule has 1 aliphatic rings. The summed E-state index contributed by atoms with van der Waals surface area (Å²) in [6.45, 7) is -0.0366. The number of aromatic nitrogens is 1. The maximum Gasteiger partial charge on any atom is 0.326 e. The van der Waals surface area contributed by atoms with Gasteiger partial charge in [0, 0.05) is 19.0 Å². The molecule has 1 aliphatic heterocycles. The standard InChI is InChI=1S/C10H10ClN3O5/c11-8-2-1-6(14(18)19)9(12-8)13-4-5(15)3-7(13)10(16)17/h1-2,5,7,15H,3-4H2,(H,16,17)/t5-,7-/m0/s1. The summed E-state index contributed by atoms with van der Waals surface area (Å²) in [5.74, 6) is -1.31. The first-order valence-corrected chi connectivity index (χ1v) is 5.76. The fraction of sp³-hybridized carbons (Fsp3) is 0.400. The number of anilines is 1. The molecular weight excluding hydrogens is 278 g/mol. The third kappa shape index (κ3) is 2.59. The fourth-order valence-corrected chi connectivity index (χ4v) is 2.20. The Morgan fingerprint density at radius 1 is 1.58 bits per heavy atom. The number of nitrogens with zero attached hydrogens (tertiary/aromatic N) is 3. The Morgan fingerprint density at radius 2 is 2.26 bits per heavy atom. The number of hydrogen-bond acceptors (Lipinski definition) is 6. The lowest BCUT2D eigenvalue weighted by Crippen LogP contribution is -2.37. The summed E-state index contributed by atoms with van der Waals surface area (Å²) < 4.78 is 0. The predicted octanol–water partition coefficient (Wildman–Crippen LogP) is 0.667. The first-order chi connectivity index (χ1) is 8.90. The first-order valence-electron chi connectivity index (χ1n) is 5.38. The molecule has 0 aromatic carbocycles. The monoisotopic (exact) mass is 287 g/mol. The largest absolute Gasteiger partial charge is 0.480 e. The van der Waals surface area contributed by atoms with Gasteiger partial charge >= 0.3 is 11.7 Å². The lowest BCUT2D eigenvalue weighted by atomic mass is 10.2. The average Bonchev–Trinajstić information content (AvgIpc) is 2.70. The van der Waals surface area contributed by atoms with E-state index in [9.17, 15) is 20.0 Å². The fourth-order valence-electron chi connectivity index (χ4n) is 2.05. The summed E-state index contributed by atoms with van der Waals surface area (Å²) in [5.41, 5.74) is -0.343. The smallest absolute Gasteiger partial charge is 0.326 e. The van der Waals surface area contributed by atoms with Crippen LogP contribution in [0.1, 0.15) is 6.42 Å². The molecule has 102 valence electrons. The lowest BCUT2D eigenvalue weighted by molar-refractivity contribution is -0.384. The Labute approximate surface area is 112 Å². The van der Waals surface area contributed by atoms with Crippen molar-refractivity contribution in [3.8, 4) is 0 Å². The SMILES string of the molecule is O=C(O)[C@@H]1C[C@H](O)CN1c1nc(Cl)ccc1[N+](=O)[O-]. The molecular formula is C10H10ClN3O5. The molecule has 0 amide bonds. The second-order valence-corrected chi connectivity index (χ2v) is 4.52. The molecule has 2 N–H and O–H groups in total. The number of hydrogen-bond donors (Lipinski definition) is 2. The average molecular weight is 288 g/mol. The van der Waals surface area contributed by atoms with Crippen molar-refractivity contribution in [3.05, 3.63) is 27.4 Å². The van der Waals surface area contributed by atoms with Gasteiger partial charge in [0.2, 0.25) is 5.82 Å². The van der Waals surface area contributed by atoms with E-state index in [0.29, 0.717) is 0 Å². The topological polar surface area (TPSA) is 117 Å². The third-order valence-corrected chi connectivity index (χ3v) is 3.06. The van der Waals surface area contributed by atoms with Crippen LogP contribution in [0.5, 0.6) is 0 Å². The van der Waals surface area contributed by atoms with Crippen molar-refractivity contribution in [3.63, 3.8) is 0 Å². The Kier molecular flexibility index (Phi) is 3.54. The van der Waals surface area contributed by atoms with Gasteiger partial charge in [-0.15, -0.1) is 0 Å². The predicted molar refractivity (Wildman–Crippen MR) is 65.3 cm³/mol. The molecule has 1 fully saturated rings. The number of carboxylic acids is 1. The van der Waals surface area contributed by atoms with Crippen molar-refractivity contribution in [2.24, 2.45) is 0 Å².